The van der Waals surface area contributed by atoms with Crippen LogP contribution in [0.5, 0.6) is 0 Å². The highest BCUT2D eigenvalue weighted by Gasteiger charge is 2.13. The topological polar surface area (TPSA) is 64.9 Å². The summed E-state index contributed by atoms with van der Waals surface area (Å²) in [5, 5.41) is 14.5. The summed E-state index contributed by atoms with van der Waals surface area (Å²) in [4.78, 5) is 12.6. The van der Waals surface area contributed by atoms with Gasteiger partial charge >= 0.3 is 0 Å². The highest BCUT2D eigenvalue weighted by molar-refractivity contribution is 7.99. The SMILES string of the molecule is C[C@@H](Nc1ccc(SC(F)F)cc1)C(=O)Nc1ccc(C#N)cc1. The van der Waals surface area contributed by atoms with Gasteiger partial charge in [-0.15, -0.1) is 0 Å². The lowest BCUT2D eigenvalue weighted by molar-refractivity contribution is -0.116. The van der Waals surface area contributed by atoms with Gasteiger partial charge < -0.3 is 10.6 Å². The van der Waals surface area contributed by atoms with E-state index in [0.29, 0.717) is 33.6 Å². The molecule has 0 unspecified atom stereocenters. The Morgan fingerprint density at radius 1 is 1.08 bits per heavy atom. The van der Waals surface area contributed by atoms with Crippen LogP contribution in [0.2, 0.25) is 0 Å². The molecule has 24 heavy (non-hydrogen) atoms. The number of thioether (sulfide) groups is 1. The van der Waals surface area contributed by atoms with Gasteiger partial charge in [0, 0.05) is 16.3 Å². The van der Waals surface area contributed by atoms with E-state index in [9.17, 15) is 13.6 Å². The summed E-state index contributed by atoms with van der Waals surface area (Å²) in [7, 11) is 0. The molecule has 0 aliphatic rings. The van der Waals surface area contributed by atoms with Gasteiger partial charge in [-0.1, -0.05) is 11.8 Å². The number of anilines is 2. The lowest BCUT2D eigenvalue weighted by atomic mass is 10.2. The summed E-state index contributed by atoms with van der Waals surface area (Å²) < 4.78 is 24.5. The number of carbonyl (C=O) groups is 1. The van der Waals surface area contributed by atoms with Crippen LogP contribution in [0.25, 0.3) is 0 Å². The first kappa shape index (κ1) is 17.8. The summed E-state index contributed by atoms with van der Waals surface area (Å²) in [5.41, 5.74) is 1.77. The third-order valence-corrected chi connectivity index (χ3v) is 3.86. The van der Waals surface area contributed by atoms with Crippen molar-refractivity contribution in [2.24, 2.45) is 0 Å². The highest BCUT2D eigenvalue weighted by atomic mass is 32.2. The molecule has 2 aromatic rings. The number of halogens is 2. The van der Waals surface area contributed by atoms with Crippen molar-refractivity contribution in [3.63, 3.8) is 0 Å². The minimum Gasteiger partial charge on any atom is -0.374 e. The summed E-state index contributed by atoms with van der Waals surface area (Å²) >= 11 is 0.474. The Balaban J connectivity index is 1.92. The Bertz CT molecular complexity index is 727. The molecule has 0 radical (unpaired) electrons. The summed E-state index contributed by atoms with van der Waals surface area (Å²) in [6.07, 6.45) is 0. The maximum absolute atomic E-state index is 12.3. The lowest BCUT2D eigenvalue weighted by Gasteiger charge is -2.15. The third-order valence-electron chi connectivity index (χ3n) is 3.14. The molecule has 0 heterocycles. The van der Waals surface area contributed by atoms with Gasteiger partial charge in [0.1, 0.15) is 6.04 Å². The average molecular weight is 347 g/mol. The number of alkyl halides is 2. The standard InChI is InChI=1S/C17H15F2N3OS/c1-11(16(23)22-14-4-2-12(10-20)3-5-14)21-13-6-8-15(9-7-13)24-17(18)19/h2-9,11,17,21H,1H3,(H,22,23)/t11-/m1/s1. The zero-order valence-electron chi connectivity index (χ0n) is 12.8. The van der Waals surface area contributed by atoms with E-state index in [1.54, 1.807) is 55.5 Å². The van der Waals surface area contributed by atoms with E-state index in [1.807, 2.05) is 6.07 Å². The average Bonchev–Trinajstić information content (AvgIpc) is 2.56. The number of nitrogens with zero attached hydrogens (tertiary/aromatic N) is 1. The fourth-order valence-electron chi connectivity index (χ4n) is 1.93. The maximum Gasteiger partial charge on any atom is 0.288 e. The Morgan fingerprint density at radius 3 is 2.21 bits per heavy atom. The normalized spacial score (nSPS) is 11.6. The van der Waals surface area contributed by atoms with E-state index in [4.69, 9.17) is 5.26 Å². The van der Waals surface area contributed by atoms with Crippen molar-refractivity contribution in [1.29, 1.82) is 5.26 Å². The molecule has 4 nitrogen and oxygen atoms in total. The molecule has 124 valence electrons. The van der Waals surface area contributed by atoms with Crippen LogP contribution in [0.1, 0.15) is 12.5 Å². The molecule has 2 rings (SSSR count). The van der Waals surface area contributed by atoms with Crippen molar-refractivity contribution in [1.82, 2.24) is 0 Å². The number of rotatable bonds is 6. The Kier molecular flexibility index (Phi) is 6.15. The molecule has 7 heteroatoms. The number of nitriles is 1. The second-order valence-electron chi connectivity index (χ2n) is 4.95. The Morgan fingerprint density at radius 2 is 1.67 bits per heavy atom. The van der Waals surface area contributed by atoms with E-state index in [-0.39, 0.29) is 5.91 Å². The van der Waals surface area contributed by atoms with Gasteiger partial charge in [-0.25, -0.2) is 0 Å². The van der Waals surface area contributed by atoms with Gasteiger partial charge in [0.05, 0.1) is 11.6 Å². The smallest absolute Gasteiger partial charge is 0.288 e. The van der Waals surface area contributed by atoms with E-state index in [1.165, 1.54) is 0 Å². The quantitative estimate of drug-likeness (QED) is 0.764. The molecule has 0 spiro atoms. The molecule has 0 fully saturated rings. The van der Waals surface area contributed by atoms with Crippen LogP contribution in [0.15, 0.2) is 53.4 Å². The van der Waals surface area contributed by atoms with Crippen LogP contribution >= 0.6 is 11.8 Å². The van der Waals surface area contributed by atoms with Gasteiger partial charge in [0.25, 0.3) is 5.76 Å². The second kappa shape index (κ2) is 8.31. The molecular weight excluding hydrogens is 332 g/mol. The predicted molar refractivity (Wildman–Crippen MR) is 91.2 cm³/mol. The monoisotopic (exact) mass is 347 g/mol. The van der Waals surface area contributed by atoms with E-state index < -0.39 is 11.8 Å². The minimum atomic E-state index is -2.46. The first-order valence-corrected chi connectivity index (χ1v) is 7.98. The highest BCUT2D eigenvalue weighted by Crippen LogP contribution is 2.26. The van der Waals surface area contributed by atoms with Gasteiger partial charge in [-0.2, -0.15) is 14.0 Å². The summed E-state index contributed by atoms with van der Waals surface area (Å²) in [5.74, 6) is -2.70. The first-order valence-electron chi connectivity index (χ1n) is 7.10. The minimum absolute atomic E-state index is 0.245. The van der Waals surface area contributed by atoms with Crippen LogP contribution in [0.3, 0.4) is 0 Å². The fraction of sp³-hybridized carbons (Fsp3) is 0.176. The molecule has 1 atom stereocenters. The largest absolute Gasteiger partial charge is 0.374 e. The predicted octanol–water partition coefficient (Wildman–Crippen LogP) is 4.31. The first-order chi connectivity index (χ1) is 11.5. The van der Waals surface area contributed by atoms with E-state index >= 15 is 0 Å². The molecule has 0 aliphatic carbocycles. The molecule has 2 N–H and O–H groups in total. The van der Waals surface area contributed by atoms with Crippen LogP contribution in [0, 0.1) is 11.3 Å². The van der Waals surface area contributed by atoms with E-state index in [2.05, 4.69) is 10.6 Å². The molecular formula is C17H15F2N3OS. The third kappa shape index (κ3) is 5.25. The van der Waals surface area contributed by atoms with Gasteiger partial charge in [0.2, 0.25) is 5.91 Å². The van der Waals surface area contributed by atoms with Crippen molar-refractivity contribution in [2.45, 2.75) is 23.6 Å². The zero-order chi connectivity index (χ0) is 17.5. The Hall–Kier alpha value is -2.59. The van der Waals surface area contributed by atoms with Crippen LogP contribution < -0.4 is 10.6 Å². The van der Waals surface area contributed by atoms with Crippen LogP contribution in [0.4, 0.5) is 20.2 Å². The van der Waals surface area contributed by atoms with Gasteiger partial charge in [-0.05, 0) is 55.5 Å². The molecule has 0 aromatic heterocycles. The van der Waals surface area contributed by atoms with Crippen molar-refractivity contribution in [2.75, 3.05) is 10.6 Å². The van der Waals surface area contributed by atoms with Crippen molar-refractivity contribution < 1.29 is 13.6 Å². The molecule has 1 amide bonds. The molecule has 0 saturated carbocycles. The number of hydrogen-bond donors (Lipinski definition) is 2. The number of amides is 1. The van der Waals surface area contributed by atoms with Crippen molar-refractivity contribution in [3.8, 4) is 6.07 Å². The molecule has 0 bridgehead atoms. The summed E-state index contributed by atoms with van der Waals surface area (Å²) in [6, 6.07) is 14.5. The molecule has 2 aromatic carbocycles. The molecule has 0 saturated heterocycles. The number of hydrogen-bond acceptors (Lipinski definition) is 4. The number of nitrogens with one attached hydrogen (secondary N) is 2. The van der Waals surface area contributed by atoms with Gasteiger partial charge in [-0.3, -0.25) is 4.79 Å². The Labute approximate surface area is 142 Å². The van der Waals surface area contributed by atoms with Crippen LogP contribution in [-0.2, 0) is 4.79 Å². The lowest BCUT2D eigenvalue weighted by Crippen LogP contribution is -2.31. The maximum atomic E-state index is 12.3. The number of benzene rings is 2. The van der Waals surface area contributed by atoms with Gasteiger partial charge in [0.15, 0.2) is 0 Å². The van der Waals surface area contributed by atoms with Crippen LogP contribution in [-0.4, -0.2) is 17.7 Å². The zero-order valence-corrected chi connectivity index (χ0v) is 13.6. The van der Waals surface area contributed by atoms with Crippen molar-refractivity contribution in [3.05, 3.63) is 54.1 Å². The second-order valence-corrected chi connectivity index (χ2v) is 6.01. The number of carbonyl (C=O) groups excluding carboxylic acids is 1. The van der Waals surface area contributed by atoms with Crippen molar-refractivity contribution >= 4 is 29.0 Å². The summed E-state index contributed by atoms with van der Waals surface area (Å²) in [6.45, 7) is 1.70. The fourth-order valence-corrected chi connectivity index (χ4v) is 2.43. The molecule has 0 aliphatic heterocycles. The van der Waals surface area contributed by atoms with E-state index in [0.717, 1.165) is 0 Å².